The van der Waals surface area contributed by atoms with Crippen molar-refractivity contribution in [1.29, 1.82) is 5.26 Å². The Labute approximate surface area is 131 Å². The van der Waals surface area contributed by atoms with Crippen molar-refractivity contribution in [3.8, 4) is 11.8 Å². The predicted octanol–water partition coefficient (Wildman–Crippen LogP) is 3.73. The van der Waals surface area contributed by atoms with Crippen molar-refractivity contribution in [2.45, 2.75) is 13.0 Å². The van der Waals surface area contributed by atoms with Gasteiger partial charge in [-0.3, -0.25) is 4.79 Å². The summed E-state index contributed by atoms with van der Waals surface area (Å²) in [5.74, 6) is 0.128. The Balaban J connectivity index is 2.03. The molecule has 2 aromatic rings. The van der Waals surface area contributed by atoms with Gasteiger partial charge in [0, 0.05) is 10.2 Å². The number of ether oxygens (including phenoxy) is 1. The van der Waals surface area contributed by atoms with Crippen molar-refractivity contribution in [3.63, 3.8) is 0 Å². The van der Waals surface area contributed by atoms with Crippen LogP contribution >= 0.6 is 15.9 Å². The Kier molecular flexibility index (Phi) is 4.96. The molecule has 21 heavy (non-hydrogen) atoms. The highest BCUT2D eigenvalue weighted by Crippen LogP contribution is 2.19. The highest BCUT2D eigenvalue weighted by molar-refractivity contribution is 9.10. The zero-order chi connectivity index (χ0) is 15.2. The molecule has 0 aliphatic carbocycles. The van der Waals surface area contributed by atoms with Crippen LogP contribution in [0.3, 0.4) is 0 Å². The molecule has 0 bridgehead atoms. The number of nitrogens with zero attached hydrogens (tertiary/aromatic N) is 1. The van der Waals surface area contributed by atoms with Gasteiger partial charge < -0.3 is 10.1 Å². The second-order valence-corrected chi connectivity index (χ2v) is 5.28. The van der Waals surface area contributed by atoms with Gasteiger partial charge in [0.25, 0.3) is 5.91 Å². The van der Waals surface area contributed by atoms with Crippen LogP contribution in [0.4, 0.5) is 5.69 Å². The largest absolute Gasteiger partial charge is 0.480 e. The van der Waals surface area contributed by atoms with E-state index in [0.29, 0.717) is 17.0 Å². The van der Waals surface area contributed by atoms with E-state index in [1.165, 1.54) is 0 Å². The molecule has 1 amide bonds. The third kappa shape index (κ3) is 4.07. The molecule has 0 heterocycles. The Morgan fingerprint density at radius 3 is 2.57 bits per heavy atom. The molecule has 1 atom stereocenters. The minimum Gasteiger partial charge on any atom is -0.480 e. The van der Waals surface area contributed by atoms with Crippen molar-refractivity contribution >= 4 is 27.5 Å². The summed E-state index contributed by atoms with van der Waals surface area (Å²) in [5, 5.41) is 11.8. The topological polar surface area (TPSA) is 62.1 Å². The standard InChI is InChI=1S/C16H13BrN2O2/c1-11(21-15-5-3-2-4-12(15)10-18)16(20)19-14-8-6-13(17)7-9-14/h2-9,11H,1H3,(H,19,20)/t11-/m1/s1. The number of hydrogen-bond donors (Lipinski definition) is 1. The van der Waals surface area contributed by atoms with E-state index in [-0.39, 0.29) is 5.91 Å². The molecule has 0 saturated carbocycles. The predicted molar refractivity (Wildman–Crippen MR) is 84.0 cm³/mol. The van der Waals surface area contributed by atoms with Crippen LogP contribution in [0.25, 0.3) is 0 Å². The van der Waals surface area contributed by atoms with Crippen LogP contribution in [0.1, 0.15) is 12.5 Å². The summed E-state index contributed by atoms with van der Waals surface area (Å²) in [6, 6.07) is 16.1. The molecule has 0 aliphatic rings. The molecule has 106 valence electrons. The number of carbonyl (C=O) groups is 1. The van der Waals surface area contributed by atoms with Crippen molar-refractivity contribution in [2.24, 2.45) is 0 Å². The van der Waals surface area contributed by atoms with Crippen LogP contribution in [0, 0.1) is 11.3 Å². The lowest BCUT2D eigenvalue weighted by Gasteiger charge is -2.15. The molecule has 2 aromatic carbocycles. The zero-order valence-electron chi connectivity index (χ0n) is 11.3. The van der Waals surface area contributed by atoms with E-state index in [1.807, 2.05) is 18.2 Å². The zero-order valence-corrected chi connectivity index (χ0v) is 12.9. The molecule has 0 unspecified atom stereocenters. The number of amides is 1. The second-order valence-electron chi connectivity index (χ2n) is 4.36. The van der Waals surface area contributed by atoms with Crippen LogP contribution in [0.5, 0.6) is 5.75 Å². The average molecular weight is 345 g/mol. The molecule has 1 N–H and O–H groups in total. The summed E-state index contributed by atoms with van der Waals surface area (Å²) >= 11 is 3.33. The first-order chi connectivity index (χ1) is 10.1. The first-order valence-electron chi connectivity index (χ1n) is 6.32. The second kappa shape index (κ2) is 6.91. The number of hydrogen-bond acceptors (Lipinski definition) is 3. The monoisotopic (exact) mass is 344 g/mol. The fourth-order valence-corrected chi connectivity index (χ4v) is 1.95. The Hall–Kier alpha value is -2.32. The SMILES string of the molecule is C[C@@H](Oc1ccccc1C#N)C(=O)Nc1ccc(Br)cc1. The van der Waals surface area contributed by atoms with E-state index >= 15 is 0 Å². The summed E-state index contributed by atoms with van der Waals surface area (Å²) in [5.41, 5.74) is 1.09. The van der Waals surface area contributed by atoms with Gasteiger partial charge in [0.15, 0.2) is 6.10 Å². The van der Waals surface area contributed by atoms with Gasteiger partial charge in [0.1, 0.15) is 11.8 Å². The number of benzene rings is 2. The molecule has 4 nitrogen and oxygen atoms in total. The lowest BCUT2D eigenvalue weighted by atomic mass is 10.2. The number of halogens is 1. The number of rotatable bonds is 4. The molecule has 5 heteroatoms. The third-order valence-electron chi connectivity index (χ3n) is 2.79. The van der Waals surface area contributed by atoms with E-state index in [0.717, 1.165) is 4.47 Å². The smallest absolute Gasteiger partial charge is 0.265 e. The van der Waals surface area contributed by atoms with Crippen LogP contribution in [-0.2, 0) is 4.79 Å². The molecular formula is C16H13BrN2O2. The summed E-state index contributed by atoms with van der Waals surface area (Å²) < 4.78 is 6.49. The number of nitriles is 1. The van der Waals surface area contributed by atoms with Crippen molar-refractivity contribution in [1.82, 2.24) is 0 Å². The first-order valence-corrected chi connectivity index (χ1v) is 7.11. The van der Waals surface area contributed by atoms with E-state index in [4.69, 9.17) is 10.00 Å². The van der Waals surface area contributed by atoms with Gasteiger partial charge in [-0.05, 0) is 43.3 Å². The maximum atomic E-state index is 12.1. The average Bonchev–Trinajstić information content (AvgIpc) is 2.50. The van der Waals surface area contributed by atoms with Gasteiger partial charge in [0.2, 0.25) is 0 Å². The third-order valence-corrected chi connectivity index (χ3v) is 3.32. The first kappa shape index (κ1) is 15.1. The van der Waals surface area contributed by atoms with E-state index < -0.39 is 6.10 Å². The Morgan fingerprint density at radius 2 is 1.90 bits per heavy atom. The van der Waals surface area contributed by atoms with Crippen LogP contribution < -0.4 is 10.1 Å². The van der Waals surface area contributed by atoms with E-state index in [1.54, 1.807) is 43.3 Å². The van der Waals surface area contributed by atoms with Crippen molar-refractivity contribution in [3.05, 3.63) is 58.6 Å². The normalized spacial score (nSPS) is 11.3. The molecule has 0 aromatic heterocycles. The molecule has 0 fully saturated rings. The van der Waals surface area contributed by atoms with Gasteiger partial charge in [-0.15, -0.1) is 0 Å². The van der Waals surface area contributed by atoms with Gasteiger partial charge in [-0.2, -0.15) is 5.26 Å². The van der Waals surface area contributed by atoms with Gasteiger partial charge in [-0.1, -0.05) is 28.1 Å². The van der Waals surface area contributed by atoms with Crippen LogP contribution in [-0.4, -0.2) is 12.0 Å². The van der Waals surface area contributed by atoms with Crippen LogP contribution in [0.15, 0.2) is 53.0 Å². The Morgan fingerprint density at radius 1 is 1.24 bits per heavy atom. The summed E-state index contributed by atoms with van der Waals surface area (Å²) in [6.45, 7) is 1.64. The fourth-order valence-electron chi connectivity index (χ4n) is 1.68. The van der Waals surface area contributed by atoms with E-state index in [2.05, 4.69) is 21.2 Å². The Bertz CT molecular complexity index is 677. The quantitative estimate of drug-likeness (QED) is 0.919. The molecule has 0 spiro atoms. The molecule has 0 aliphatic heterocycles. The maximum Gasteiger partial charge on any atom is 0.265 e. The number of carbonyl (C=O) groups excluding carboxylic acids is 1. The minimum absolute atomic E-state index is 0.273. The summed E-state index contributed by atoms with van der Waals surface area (Å²) in [6.07, 6.45) is -0.705. The lowest BCUT2D eigenvalue weighted by Crippen LogP contribution is -2.30. The highest BCUT2D eigenvalue weighted by atomic mass is 79.9. The van der Waals surface area contributed by atoms with E-state index in [9.17, 15) is 4.79 Å². The van der Waals surface area contributed by atoms with Gasteiger partial charge in [0.05, 0.1) is 5.56 Å². The minimum atomic E-state index is -0.705. The fraction of sp³-hybridized carbons (Fsp3) is 0.125. The van der Waals surface area contributed by atoms with Crippen molar-refractivity contribution < 1.29 is 9.53 Å². The number of para-hydroxylation sites is 1. The highest BCUT2D eigenvalue weighted by Gasteiger charge is 2.16. The van der Waals surface area contributed by atoms with Crippen molar-refractivity contribution in [2.75, 3.05) is 5.32 Å². The van der Waals surface area contributed by atoms with Crippen LogP contribution in [0.2, 0.25) is 0 Å². The summed E-state index contributed by atoms with van der Waals surface area (Å²) in [4.78, 5) is 12.1. The number of nitrogens with one attached hydrogen (secondary N) is 1. The van der Waals surface area contributed by atoms with Gasteiger partial charge in [-0.25, -0.2) is 0 Å². The molecular weight excluding hydrogens is 332 g/mol. The molecule has 2 rings (SSSR count). The van der Waals surface area contributed by atoms with Gasteiger partial charge >= 0.3 is 0 Å². The lowest BCUT2D eigenvalue weighted by molar-refractivity contribution is -0.122. The number of anilines is 1. The molecule has 0 radical (unpaired) electrons. The maximum absolute atomic E-state index is 12.1. The summed E-state index contributed by atoms with van der Waals surface area (Å²) in [7, 11) is 0. The molecule has 0 saturated heterocycles.